The Hall–Kier alpha value is -2.30. The van der Waals surface area contributed by atoms with E-state index in [4.69, 9.17) is 5.73 Å². The van der Waals surface area contributed by atoms with Crippen molar-refractivity contribution in [3.05, 3.63) is 52.8 Å². The number of nitrogens with one attached hydrogen (secondary N) is 1. The average molecular weight is 313 g/mol. The fourth-order valence-corrected chi connectivity index (χ4v) is 2.67. The van der Waals surface area contributed by atoms with Gasteiger partial charge >= 0.3 is 0 Å². The number of aliphatic imine (C=N–C) groups is 1. The summed E-state index contributed by atoms with van der Waals surface area (Å²) in [4.78, 5) is 4.39. The van der Waals surface area contributed by atoms with Crippen LogP contribution in [0.5, 0.6) is 0 Å². The average Bonchev–Trinajstić information content (AvgIpc) is 2.78. The minimum atomic E-state index is 0.528. The van der Waals surface area contributed by atoms with Gasteiger partial charge in [0.15, 0.2) is 5.96 Å². The summed E-state index contributed by atoms with van der Waals surface area (Å²) in [7, 11) is 1.98. The highest BCUT2D eigenvalue weighted by Gasteiger charge is 2.08. The second kappa shape index (κ2) is 8.36. The topological polar surface area (TPSA) is 68.2 Å². The first kappa shape index (κ1) is 17.1. The molecular weight excluding hydrogens is 286 g/mol. The molecule has 0 amide bonds. The van der Waals surface area contributed by atoms with Crippen LogP contribution < -0.4 is 11.1 Å². The maximum absolute atomic E-state index is 5.90. The number of rotatable bonds is 7. The van der Waals surface area contributed by atoms with E-state index in [0.717, 1.165) is 38.0 Å². The van der Waals surface area contributed by atoms with Gasteiger partial charge in [0, 0.05) is 25.8 Å². The molecule has 23 heavy (non-hydrogen) atoms. The maximum atomic E-state index is 5.90. The molecule has 0 saturated carbocycles. The van der Waals surface area contributed by atoms with Gasteiger partial charge < -0.3 is 11.1 Å². The van der Waals surface area contributed by atoms with E-state index in [1.165, 1.54) is 16.8 Å². The van der Waals surface area contributed by atoms with E-state index in [9.17, 15) is 0 Å². The van der Waals surface area contributed by atoms with Crippen LogP contribution in [0.25, 0.3) is 0 Å². The molecule has 0 aliphatic heterocycles. The molecule has 1 heterocycles. The van der Waals surface area contributed by atoms with Crippen molar-refractivity contribution in [3.63, 3.8) is 0 Å². The van der Waals surface area contributed by atoms with E-state index in [1.807, 2.05) is 17.8 Å². The Balaban J connectivity index is 1.68. The van der Waals surface area contributed by atoms with Crippen molar-refractivity contribution in [3.8, 4) is 0 Å². The molecule has 0 bridgehead atoms. The van der Waals surface area contributed by atoms with Gasteiger partial charge in [-0.2, -0.15) is 5.10 Å². The standard InChI is InChI=1S/C18H27N5/c1-14-17(15(2)23(3)22-14)10-7-12-20-18(19)21-13-11-16-8-5-4-6-9-16/h4-6,8-9H,7,10-13H2,1-3H3,(H3,19,20,21). The van der Waals surface area contributed by atoms with Crippen LogP contribution in [0.2, 0.25) is 0 Å². The van der Waals surface area contributed by atoms with Gasteiger partial charge in [-0.15, -0.1) is 0 Å². The highest BCUT2D eigenvalue weighted by Crippen LogP contribution is 2.13. The van der Waals surface area contributed by atoms with Crippen molar-refractivity contribution in [1.29, 1.82) is 0 Å². The van der Waals surface area contributed by atoms with Crippen LogP contribution in [0, 0.1) is 13.8 Å². The third kappa shape index (κ3) is 5.13. The fraction of sp³-hybridized carbons (Fsp3) is 0.444. The molecule has 0 spiro atoms. The van der Waals surface area contributed by atoms with Crippen molar-refractivity contribution >= 4 is 5.96 Å². The van der Waals surface area contributed by atoms with Crippen LogP contribution in [-0.4, -0.2) is 28.8 Å². The molecule has 0 fully saturated rings. The van der Waals surface area contributed by atoms with Crippen molar-refractivity contribution < 1.29 is 0 Å². The summed E-state index contributed by atoms with van der Waals surface area (Å²) < 4.78 is 1.94. The van der Waals surface area contributed by atoms with E-state index in [-0.39, 0.29) is 0 Å². The number of benzene rings is 1. The zero-order valence-electron chi connectivity index (χ0n) is 14.3. The zero-order chi connectivity index (χ0) is 16.7. The zero-order valence-corrected chi connectivity index (χ0v) is 14.3. The summed E-state index contributed by atoms with van der Waals surface area (Å²) >= 11 is 0. The molecule has 1 aromatic carbocycles. The predicted octanol–water partition coefficient (Wildman–Crippen LogP) is 2.12. The normalized spacial score (nSPS) is 11.7. The molecule has 0 unspecified atom stereocenters. The Morgan fingerprint density at radius 3 is 2.61 bits per heavy atom. The van der Waals surface area contributed by atoms with E-state index < -0.39 is 0 Å². The lowest BCUT2D eigenvalue weighted by molar-refractivity contribution is 0.728. The number of aryl methyl sites for hydroxylation is 2. The molecule has 0 aliphatic carbocycles. The molecule has 0 radical (unpaired) electrons. The Morgan fingerprint density at radius 1 is 1.22 bits per heavy atom. The number of nitrogens with two attached hydrogens (primary N) is 1. The first-order chi connectivity index (χ1) is 11.1. The number of nitrogens with zero attached hydrogens (tertiary/aromatic N) is 3. The first-order valence-electron chi connectivity index (χ1n) is 8.14. The Bertz CT molecular complexity index is 643. The molecule has 0 atom stereocenters. The number of aromatic nitrogens is 2. The Labute approximate surface area is 138 Å². The quantitative estimate of drug-likeness (QED) is 0.467. The van der Waals surface area contributed by atoms with E-state index in [2.05, 4.69) is 53.5 Å². The highest BCUT2D eigenvalue weighted by molar-refractivity contribution is 5.77. The number of guanidine groups is 1. The predicted molar refractivity (Wildman–Crippen MR) is 95.6 cm³/mol. The van der Waals surface area contributed by atoms with Gasteiger partial charge in [0.05, 0.1) is 5.69 Å². The van der Waals surface area contributed by atoms with Gasteiger partial charge in [0.25, 0.3) is 0 Å². The van der Waals surface area contributed by atoms with Gasteiger partial charge in [-0.05, 0) is 44.2 Å². The largest absolute Gasteiger partial charge is 0.370 e. The smallest absolute Gasteiger partial charge is 0.188 e. The van der Waals surface area contributed by atoms with Crippen LogP contribution in [0.15, 0.2) is 35.3 Å². The van der Waals surface area contributed by atoms with E-state index >= 15 is 0 Å². The van der Waals surface area contributed by atoms with Gasteiger partial charge in [-0.3, -0.25) is 9.67 Å². The lowest BCUT2D eigenvalue weighted by Gasteiger charge is -2.06. The van der Waals surface area contributed by atoms with Crippen molar-refractivity contribution in [2.45, 2.75) is 33.1 Å². The van der Waals surface area contributed by atoms with E-state index in [1.54, 1.807) is 0 Å². The van der Waals surface area contributed by atoms with Crippen LogP contribution in [0.1, 0.15) is 28.9 Å². The number of hydrogen-bond acceptors (Lipinski definition) is 2. The van der Waals surface area contributed by atoms with Crippen molar-refractivity contribution in [2.24, 2.45) is 17.8 Å². The summed E-state index contributed by atoms with van der Waals surface area (Å²) in [5, 5.41) is 7.61. The molecule has 5 nitrogen and oxygen atoms in total. The van der Waals surface area contributed by atoms with E-state index in [0.29, 0.717) is 5.96 Å². The van der Waals surface area contributed by atoms with Crippen molar-refractivity contribution in [1.82, 2.24) is 15.1 Å². The minimum absolute atomic E-state index is 0.528. The Kier molecular flexibility index (Phi) is 6.20. The second-order valence-corrected chi connectivity index (χ2v) is 5.81. The molecule has 3 N–H and O–H groups in total. The maximum Gasteiger partial charge on any atom is 0.188 e. The third-order valence-electron chi connectivity index (χ3n) is 4.09. The fourth-order valence-electron chi connectivity index (χ4n) is 2.67. The minimum Gasteiger partial charge on any atom is -0.370 e. The van der Waals surface area contributed by atoms with Gasteiger partial charge in [0.1, 0.15) is 0 Å². The molecule has 0 aliphatic rings. The summed E-state index contributed by atoms with van der Waals surface area (Å²) in [5.74, 6) is 0.528. The van der Waals surface area contributed by atoms with Crippen LogP contribution >= 0.6 is 0 Å². The number of hydrogen-bond donors (Lipinski definition) is 2. The highest BCUT2D eigenvalue weighted by atomic mass is 15.3. The molecule has 2 aromatic rings. The molecule has 1 aromatic heterocycles. The molecule has 5 heteroatoms. The monoisotopic (exact) mass is 313 g/mol. The first-order valence-corrected chi connectivity index (χ1v) is 8.14. The summed E-state index contributed by atoms with van der Waals surface area (Å²) in [5.41, 5.74) is 10.9. The van der Waals surface area contributed by atoms with Crippen LogP contribution in [-0.2, 0) is 19.9 Å². The van der Waals surface area contributed by atoms with Crippen LogP contribution in [0.4, 0.5) is 0 Å². The second-order valence-electron chi connectivity index (χ2n) is 5.81. The Morgan fingerprint density at radius 2 is 1.96 bits per heavy atom. The molecule has 2 rings (SSSR count). The summed E-state index contributed by atoms with van der Waals surface area (Å²) in [6.07, 6.45) is 2.92. The van der Waals surface area contributed by atoms with Gasteiger partial charge in [-0.25, -0.2) is 0 Å². The van der Waals surface area contributed by atoms with Gasteiger partial charge in [-0.1, -0.05) is 30.3 Å². The third-order valence-corrected chi connectivity index (χ3v) is 4.09. The van der Waals surface area contributed by atoms with Gasteiger partial charge in [0.2, 0.25) is 0 Å². The summed E-state index contributed by atoms with van der Waals surface area (Å²) in [6.45, 7) is 5.71. The molecule has 124 valence electrons. The lowest BCUT2D eigenvalue weighted by Crippen LogP contribution is -2.33. The molecule has 0 saturated heterocycles. The SMILES string of the molecule is Cc1nn(C)c(C)c1CCCN=C(N)NCCc1ccccc1. The van der Waals surface area contributed by atoms with Crippen LogP contribution in [0.3, 0.4) is 0 Å². The lowest BCUT2D eigenvalue weighted by atomic mass is 10.1. The van der Waals surface area contributed by atoms with Crippen molar-refractivity contribution in [2.75, 3.05) is 13.1 Å². The molecular formula is C18H27N5. The summed E-state index contributed by atoms with van der Waals surface area (Å²) in [6, 6.07) is 10.4.